The SMILES string of the molecule is [C-]#[N+]c1cc2c3c4c(c(C#N)cc3c(=O)n3c5cccc6cccc(nc23)c65)-c2ccccc2S(=O)(=O)c14. The predicted molar refractivity (Wildman–Crippen MR) is 145 cm³/mol. The van der Waals surface area contributed by atoms with Gasteiger partial charge in [0.15, 0.2) is 9.84 Å². The molecule has 7 nitrogen and oxygen atoms in total. The summed E-state index contributed by atoms with van der Waals surface area (Å²) in [5, 5.41) is 13.2. The zero-order valence-corrected chi connectivity index (χ0v) is 20.2. The molecule has 8 heteroatoms. The van der Waals surface area contributed by atoms with Crippen molar-refractivity contribution < 1.29 is 8.42 Å². The van der Waals surface area contributed by atoms with Gasteiger partial charge in [0.1, 0.15) is 5.65 Å². The van der Waals surface area contributed by atoms with Gasteiger partial charge in [-0.25, -0.2) is 18.2 Å². The van der Waals surface area contributed by atoms with E-state index in [4.69, 9.17) is 11.6 Å². The molecule has 8 rings (SSSR count). The predicted octanol–water partition coefficient (Wildman–Crippen LogP) is 5.98. The number of hydrogen-bond acceptors (Lipinski definition) is 5. The first-order chi connectivity index (χ1) is 18.5. The molecule has 1 aliphatic rings. The van der Waals surface area contributed by atoms with E-state index < -0.39 is 15.4 Å². The van der Waals surface area contributed by atoms with Gasteiger partial charge < -0.3 is 0 Å². The van der Waals surface area contributed by atoms with Crippen LogP contribution in [0.1, 0.15) is 5.56 Å². The Bertz CT molecular complexity index is 2510. The molecule has 2 aromatic heterocycles. The third-order valence-corrected chi connectivity index (χ3v) is 9.39. The van der Waals surface area contributed by atoms with Crippen molar-refractivity contribution in [3.8, 4) is 17.2 Å². The van der Waals surface area contributed by atoms with Crippen molar-refractivity contribution in [1.82, 2.24) is 9.38 Å². The van der Waals surface area contributed by atoms with Crippen molar-refractivity contribution in [3.63, 3.8) is 0 Å². The first-order valence-electron chi connectivity index (χ1n) is 11.7. The van der Waals surface area contributed by atoms with Crippen LogP contribution in [0.15, 0.2) is 87.4 Å². The molecule has 0 atom stereocenters. The Morgan fingerprint density at radius 2 is 1.71 bits per heavy atom. The minimum atomic E-state index is -4.11. The van der Waals surface area contributed by atoms with Crippen LogP contribution in [0.25, 0.3) is 65.0 Å². The smallest absolute Gasteiger partial charge is 0.264 e. The standard InChI is InChI=1S/C30H12N4O3S/c1-32-21-13-18-26-19(30(35)34-22-10-5-7-15-6-4-9-20(25(15)22)33-29(18)34)12-16(14-31)24-17-8-2-3-11-23(17)38(36,37)28(21)27(24)26/h2-13H. The molecule has 38 heavy (non-hydrogen) atoms. The molecule has 1 aliphatic heterocycles. The second kappa shape index (κ2) is 6.71. The van der Waals surface area contributed by atoms with E-state index in [0.717, 1.165) is 10.8 Å². The maximum atomic E-state index is 14.2. The zero-order valence-electron chi connectivity index (χ0n) is 19.4. The van der Waals surface area contributed by atoms with Crippen LogP contribution in [0.3, 0.4) is 0 Å². The average Bonchev–Trinajstić information content (AvgIpc) is 2.94. The van der Waals surface area contributed by atoms with Gasteiger partial charge in [0.2, 0.25) is 5.69 Å². The van der Waals surface area contributed by atoms with E-state index in [9.17, 15) is 18.5 Å². The molecular weight excluding hydrogens is 496 g/mol. The Hall–Kier alpha value is -5.31. The highest BCUT2D eigenvalue weighted by atomic mass is 32.2. The van der Waals surface area contributed by atoms with Crippen LogP contribution in [0, 0.1) is 17.9 Å². The molecule has 0 bridgehead atoms. The monoisotopic (exact) mass is 508 g/mol. The Labute approximate surface area is 214 Å². The first kappa shape index (κ1) is 20.8. The molecule has 0 spiro atoms. The van der Waals surface area contributed by atoms with Crippen LogP contribution < -0.4 is 5.56 Å². The Balaban J connectivity index is 1.78. The lowest BCUT2D eigenvalue weighted by Crippen LogP contribution is -2.19. The van der Waals surface area contributed by atoms with Crippen molar-refractivity contribution in [2.24, 2.45) is 0 Å². The zero-order chi connectivity index (χ0) is 25.9. The number of nitrogens with zero attached hydrogens (tertiary/aromatic N) is 4. The summed E-state index contributed by atoms with van der Waals surface area (Å²) < 4.78 is 29.3. The molecule has 7 aromatic rings. The van der Waals surface area contributed by atoms with Gasteiger partial charge in [0.25, 0.3) is 5.56 Å². The molecule has 0 amide bonds. The third kappa shape index (κ3) is 2.25. The Kier molecular flexibility index (Phi) is 3.68. The van der Waals surface area contributed by atoms with Crippen molar-refractivity contribution in [2.45, 2.75) is 9.79 Å². The Morgan fingerprint density at radius 1 is 0.921 bits per heavy atom. The summed E-state index contributed by atoms with van der Waals surface area (Å²) in [6, 6.07) is 23.1. The van der Waals surface area contributed by atoms with Gasteiger partial charge in [-0.2, -0.15) is 5.26 Å². The number of benzene rings is 5. The molecule has 0 radical (unpaired) electrons. The normalized spacial score (nSPS) is 13.7. The summed E-state index contributed by atoms with van der Waals surface area (Å²) >= 11 is 0. The second-order valence-corrected chi connectivity index (χ2v) is 11.2. The van der Waals surface area contributed by atoms with Crippen LogP contribution in [-0.4, -0.2) is 17.8 Å². The largest absolute Gasteiger partial charge is 0.268 e. The van der Waals surface area contributed by atoms with Gasteiger partial charge in [-0.15, -0.1) is 0 Å². The average molecular weight is 509 g/mol. The lowest BCUT2D eigenvalue weighted by atomic mass is 9.89. The lowest BCUT2D eigenvalue weighted by molar-refractivity contribution is 0.597. The van der Waals surface area contributed by atoms with Gasteiger partial charge in [0, 0.05) is 32.7 Å². The van der Waals surface area contributed by atoms with Gasteiger partial charge in [-0.05, 0) is 35.7 Å². The maximum absolute atomic E-state index is 14.2. The van der Waals surface area contributed by atoms with Gasteiger partial charge in [-0.1, -0.05) is 42.5 Å². The topological polar surface area (TPSA) is 96.7 Å². The molecular formula is C30H12N4O3S. The molecule has 0 saturated carbocycles. The molecule has 3 heterocycles. The highest BCUT2D eigenvalue weighted by Crippen LogP contribution is 2.51. The third-order valence-electron chi connectivity index (χ3n) is 7.51. The molecule has 0 fully saturated rings. The van der Waals surface area contributed by atoms with Crippen molar-refractivity contribution in [2.75, 3.05) is 0 Å². The quantitative estimate of drug-likeness (QED) is 0.143. The van der Waals surface area contributed by atoms with Gasteiger partial charge >= 0.3 is 0 Å². The maximum Gasteiger partial charge on any atom is 0.264 e. The first-order valence-corrected chi connectivity index (χ1v) is 13.2. The molecule has 176 valence electrons. The highest BCUT2D eigenvalue weighted by Gasteiger charge is 2.36. The number of pyridine rings is 1. The van der Waals surface area contributed by atoms with E-state index in [2.05, 4.69) is 10.9 Å². The molecule has 0 N–H and O–H groups in total. The summed E-state index contributed by atoms with van der Waals surface area (Å²) in [5.41, 5.74) is 2.16. The van der Waals surface area contributed by atoms with E-state index in [1.807, 2.05) is 36.4 Å². The molecule has 0 saturated heterocycles. The number of sulfone groups is 1. The highest BCUT2D eigenvalue weighted by molar-refractivity contribution is 7.92. The second-order valence-electron chi connectivity index (χ2n) is 9.32. The van der Waals surface area contributed by atoms with E-state index in [0.29, 0.717) is 38.6 Å². The van der Waals surface area contributed by atoms with E-state index >= 15 is 0 Å². The summed E-state index contributed by atoms with van der Waals surface area (Å²) in [6.07, 6.45) is 0. The fourth-order valence-corrected chi connectivity index (χ4v) is 7.83. The summed E-state index contributed by atoms with van der Waals surface area (Å²) in [4.78, 5) is 22.5. The minimum Gasteiger partial charge on any atom is -0.268 e. The minimum absolute atomic E-state index is 0.0383. The molecule has 5 aromatic carbocycles. The van der Waals surface area contributed by atoms with Crippen molar-refractivity contribution in [1.29, 1.82) is 5.26 Å². The summed E-state index contributed by atoms with van der Waals surface area (Å²) in [6.45, 7) is 7.92. The molecule has 0 aliphatic carbocycles. The van der Waals surface area contributed by atoms with Crippen LogP contribution in [-0.2, 0) is 9.84 Å². The van der Waals surface area contributed by atoms with E-state index in [1.54, 1.807) is 18.2 Å². The lowest BCUT2D eigenvalue weighted by Gasteiger charge is -2.25. The molecule has 0 unspecified atom stereocenters. The number of hydrogen-bond donors (Lipinski definition) is 0. The Morgan fingerprint density at radius 3 is 2.50 bits per heavy atom. The van der Waals surface area contributed by atoms with Crippen molar-refractivity contribution in [3.05, 3.63) is 100 Å². The number of rotatable bonds is 0. The fourth-order valence-electron chi connectivity index (χ4n) is 6.04. The van der Waals surface area contributed by atoms with E-state index in [1.165, 1.54) is 22.6 Å². The van der Waals surface area contributed by atoms with E-state index in [-0.39, 0.29) is 31.8 Å². The van der Waals surface area contributed by atoms with Gasteiger partial charge in [0.05, 0.1) is 44.4 Å². The van der Waals surface area contributed by atoms with Crippen LogP contribution in [0.5, 0.6) is 0 Å². The number of nitriles is 1. The van der Waals surface area contributed by atoms with Crippen molar-refractivity contribution >= 4 is 64.5 Å². The fraction of sp³-hybridized carbons (Fsp3) is 0. The van der Waals surface area contributed by atoms with Gasteiger partial charge in [-0.3, -0.25) is 9.20 Å². The number of aromatic nitrogens is 2. The van der Waals surface area contributed by atoms with Crippen LogP contribution >= 0.6 is 0 Å². The number of fused-ring (bicyclic) bond motifs is 5. The van der Waals surface area contributed by atoms with Crippen LogP contribution in [0.2, 0.25) is 0 Å². The summed E-state index contributed by atoms with van der Waals surface area (Å²) in [7, 11) is -4.11. The summed E-state index contributed by atoms with van der Waals surface area (Å²) in [5.74, 6) is 0. The van der Waals surface area contributed by atoms with Crippen LogP contribution in [0.4, 0.5) is 5.69 Å².